The number of pyridine rings is 1. The van der Waals surface area contributed by atoms with Gasteiger partial charge in [-0.25, -0.2) is 4.98 Å². The molecule has 1 saturated heterocycles. The van der Waals surface area contributed by atoms with Crippen molar-refractivity contribution in [3.63, 3.8) is 0 Å². The number of likely N-dealkylation sites (tertiary alicyclic amines) is 1. The standard InChI is InChI=1S/C25H34F3N5O3/c26-25(27,28)36-23-6-2-1-5-20(23)15-30-24-13-21(22(16-31-24)33(34)35)29-14-18-7-9-19(10-8-18)17-32-11-3-4-12-32/h1-2,5-6,13,16,18-19,34-35H,3-4,7-12,14-15,17H2,(H2,29,30,31). The largest absolute Gasteiger partial charge is 0.573 e. The van der Waals surface area contributed by atoms with Crippen LogP contribution < -0.4 is 20.6 Å². The summed E-state index contributed by atoms with van der Waals surface area (Å²) in [6.07, 6.45) is 3.76. The van der Waals surface area contributed by atoms with Gasteiger partial charge in [0.05, 0.1) is 11.9 Å². The van der Waals surface area contributed by atoms with E-state index in [4.69, 9.17) is 0 Å². The maximum atomic E-state index is 12.7. The number of rotatable bonds is 10. The van der Waals surface area contributed by atoms with Crippen molar-refractivity contribution in [1.82, 2.24) is 9.88 Å². The molecular formula is C25H34F3N5O3. The Labute approximate surface area is 209 Å². The van der Waals surface area contributed by atoms with Gasteiger partial charge in [-0.3, -0.25) is 10.4 Å². The van der Waals surface area contributed by atoms with E-state index in [1.54, 1.807) is 12.1 Å². The number of halogens is 3. The van der Waals surface area contributed by atoms with Gasteiger partial charge in [-0.05, 0) is 69.5 Å². The minimum atomic E-state index is -4.79. The molecule has 11 heteroatoms. The Morgan fingerprint density at radius 2 is 1.72 bits per heavy atom. The summed E-state index contributed by atoms with van der Waals surface area (Å²) in [5.41, 5.74) is 0.868. The summed E-state index contributed by atoms with van der Waals surface area (Å²) in [6.45, 7) is 4.37. The van der Waals surface area contributed by atoms with Crippen LogP contribution in [0.4, 0.5) is 30.4 Å². The molecule has 2 aromatic rings. The highest BCUT2D eigenvalue weighted by Gasteiger charge is 2.32. The van der Waals surface area contributed by atoms with Gasteiger partial charge in [0, 0.05) is 31.3 Å². The fraction of sp³-hybridized carbons (Fsp3) is 0.560. The summed E-state index contributed by atoms with van der Waals surface area (Å²) in [7, 11) is 0. The quantitative estimate of drug-likeness (QED) is 0.313. The van der Waals surface area contributed by atoms with E-state index in [-0.39, 0.29) is 23.2 Å². The number of hydrogen-bond donors (Lipinski definition) is 4. The molecule has 1 aromatic carbocycles. The van der Waals surface area contributed by atoms with Crippen LogP contribution in [0.2, 0.25) is 0 Å². The lowest BCUT2D eigenvalue weighted by atomic mass is 9.81. The summed E-state index contributed by atoms with van der Waals surface area (Å²) in [5.74, 6) is 1.32. The molecule has 1 aliphatic heterocycles. The second-order valence-corrected chi connectivity index (χ2v) is 9.66. The fourth-order valence-corrected chi connectivity index (χ4v) is 5.11. The zero-order chi connectivity index (χ0) is 25.5. The lowest BCUT2D eigenvalue weighted by molar-refractivity contribution is -0.274. The third-order valence-corrected chi connectivity index (χ3v) is 7.02. The molecule has 0 spiro atoms. The highest BCUT2D eigenvalue weighted by atomic mass is 19.4. The van der Waals surface area contributed by atoms with Gasteiger partial charge in [0.1, 0.15) is 17.3 Å². The highest BCUT2D eigenvalue weighted by Crippen LogP contribution is 2.32. The first kappa shape index (κ1) is 26.3. The zero-order valence-electron chi connectivity index (χ0n) is 20.2. The van der Waals surface area contributed by atoms with Gasteiger partial charge in [0.15, 0.2) is 0 Å². The van der Waals surface area contributed by atoms with Crippen molar-refractivity contribution >= 4 is 17.2 Å². The highest BCUT2D eigenvalue weighted by molar-refractivity contribution is 5.70. The molecule has 2 heterocycles. The molecule has 8 nitrogen and oxygen atoms in total. The monoisotopic (exact) mass is 509 g/mol. The zero-order valence-corrected chi connectivity index (χ0v) is 20.2. The fourth-order valence-electron chi connectivity index (χ4n) is 5.11. The molecule has 1 aromatic heterocycles. The van der Waals surface area contributed by atoms with Crippen molar-refractivity contribution in [3.8, 4) is 5.75 Å². The van der Waals surface area contributed by atoms with Gasteiger partial charge in [0.2, 0.25) is 0 Å². The van der Waals surface area contributed by atoms with E-state index in [9.17, 15) is 23.6 Å². The molecule has 0 atom stereocenters. The SMILES string of the molecule is ON(O)c1cnc(NCc2ccccc2OC(F)(F)F)cc1NCC1CCC(CN2CCCC2)CC1. The van der Waals surface area contributed by atoms with Crippen LogP contribution in [0.1, 0.15) is 44.1 Å². The van der Waals surface area contributed by atoms with E-state index < -0.39 is 6.36 Å². The van der Waals surface area contributed by atoms with Crippen LogP contribution >= 0.6 is 0 Å². The van der Waals surface area contributed by atoms with Crippen LogP contribution in [0.5, 0.6) is 5.75 Å². The number of nitrogens with one attached hydrogen (secondary N) is 2. The van der Waals surface area contributed by atoms with Crippen molar-refractivity contribution < 1.29 is 28.3 Å². The van der Waals surface area contributed by atoms with E-state index in [0.29, 0.717) is 29.5 Å². The van der Waals surface area contributed by atoms with E-state index in [2.05, 4.69) is 25.3 Å². The molecule has 2 fully saturated rings. The first-order chi connectivity index (χ1) is 17.3. The molecule has 198 valence electrons. The van der Waals surface area contributed by atoms with Gasteiger partial charge >= 0.3 is 6.36 Å². The van der Waals surface area contributed by atoms with Crippen LogP contribution in [0.15, 0.2) is 36.5 Å². The van der Waals surface area contributed by atoms with Crippen molar-refractivity contribution in [2.45, 2.75) is 51.4 Å². The first-order valence-corrected chi connectivity index (χ1v) is 12.5. The Morgan fingerprint density at radius 3 is 2.42 bits per heavy atom. The van der Waals surface area contributed by atoms with Gasteiger partial charge < -0.3 is 20.3 Å². The second-order valence-electron chi connectivity index (χ2n) is 9.66. The Morgan fingerprint density at radius 1 is 1.03 bits per heavy atom. The smallest absolute Gasteiger partial charge is 0.405 e. The van der Waals surface area contributed by atoms with Crippen LogP contribution in [0, 0.1) is 11.8 Å². The number of hydrogen-bond acceptors (Lipinski definition) is 8. The molecule has 0 unspecified atom stereocenters. The normalized spacial score (nSPS) is 20.8. The third-order valence-electron chi connectivity index (χ3n) is 7.02. The molecule has 1 saturated carbocycles. The topological polar surface area (TPSA) is 93.1 Å². The molecule has 0 amide bonds. The molecule has 4 rings (SSSR count). The molecule has 0 radical (unpaired) electrons. The lowest BCUT2D eigenvalue weighted by Gasteiger charge is -2.31. The van der Waals surface area contributed by atoms with Gasteiger partial charge in [-0.1, -0.05) is 18.2 Å². The summed E-state index contributed by atoms with van der Waals surface area (Å²) in [6, 6.07) is 7.49. The lowest BCUT2D eigenvalue weighted by Crippen LogP contribution is -2.30. The summed E-state index contributed by atoms with van der Waals surface area (Å²) >= 11 is 0. The molecule has 1 aliphatic carbocycles. The first-order valence-electron chi connectivity index (χ1n) is 12.5. The van der Waals surface area contributed by atoms with Crippen molar-refractivity contribution in [2.75, 3.05) is 42.0 Å². The van der Waals surface area contributed by atoms with Crippen LogP contribution in [0.25, 0.3) is 0 Å². The number of nitrogens with zero attached hydrogens (tertiary/aromatic N) is 3. The molecule has 2 aliphatic rings. The number of para-hydroxylation sites is 1. The summed E-state index contributed by atoms with van der Waals surface area (Å²) in [5, 5.41) is 25.5. The molecule has 36 heavy (non-hydrogen) atoms. The maximum Gasteiger partial charge on any atom is 0.573 e. The van der Waals surface area contributed by atoms with E-state index in [1.165, 1.54) is 69.7 Å². The Kier molecular flexibility index (Phi) is 8.76. The predicted molar refractivity (Wildman–Crippen MR) is 130 cm³/mol. The van der Waals surface area contributed by atoms with E-state index >= 15 is 0 Å². The molecule has 0 bridgehead atoms. The van der Waals surface area contributed by atoms with Gasteiger partial charge in [-0.15, -0.1) is 18.4 Å². The average Bonchev–Trinajstić information content (AvgIpc) is 3.35. The molecule has 4 N–H and O–H groups in total. The summed E-state index contributed by atoms with van der Waals surface area (Å²) in [4.78, 5) is 6.73. The average molecular weight is 510 g/mol. The predicted octanol–water partition coefficient (Wildman–Crippen LogP) is 5.49. The number of alkyl halides is 3. The van der Waals surface area contributed by atoms with Gasteiger partial charge in [-0.2, -0.15) is 0 Å². The van der Waals surface area contributed by atoms with Gasteiger partial charge in [0.25, 0.3) is 0 Å². The number of ether oxygens (including phenoxy) is 1. The van der Waals surface area contributed by atoms with Crippen molar-refractivity contribution in [2.24, 2.45) is 11.8 Å². The maximum absolute atomic E-state index is 12.7. The number of benzene rings is 1. The summed E-state index contributed by atoms with van der Waals surface area (Å²) < 4.78 is 42.2. The number of aromatic nitrogens is 1. The van der Waals surface area contributed by atoms with E-state index in [0.717, 1.165) is 18.8 Å². The van der Waals surface area contributed by atoms with Crippen LogP contribution in [0.3, 0.4) is 0 Å². The van der Waals surface area contributed by atoms with Crippen molar-refractivity contribution in [1.29, 1.82) is 0 Å². The Balaban J connectivity index is 1.33. The minimum Gasteiger partial charge on any atom is -0.405 e. The van der Waals surface area contributed by atoms with E-state index in [1.807, 2.05) is 0 Å². The second kappa shape index (κ2) is 12.0. The molecular weight excluding hydrogens is 475 g/mol. The Bertz CT molecular complexity index is 978. The third kappa shape index (κ3) is 7.62. The minimum absolute atomic E-state index is 0.0124. The Hall–Kier alpha value is -2.76. The van der Waals surface area contributed by atoms with Crippen molar-refractivity contribution in [3.05, 3.63) is 42.1 Å². The van der Waals surface area contributed by atoms with Crippen LogP contribution in [-0.2, 0) is 6.54 Å². The number of anilines is 3. The van der Waals surface area contributed by atoms with Crippen LogP contribution in [-0.4, -0.2) is 52.8 Å².